The van der Waals surface area contributed by atoms with E-state index in [4.69, 9.17) is 5.11 Å². The molecule has 3 nitrogen and oxygen atoms in total. The van der Waals surface area contributed by atoms with Gasteiger partial charge in [0.1, 0.15) is 16.6 Å². The molecule has 1 aromatic heterocycles. The molecule has 0 aliphatic rings. The van der Waals surface area contributed by atoms with Crippen molar-refractivity contribution < 1.29 is 9.90 Å². The van der Waals surface area contributed by atoms with Gasteiger partial charge >= 0.3 is 5.97 Å². The third kappa shape index (κ3) is 1.40. The smallest absolute Gasteiger partial charge is 0.316 e. The Labute approximate surface area is 68.7 Å². The number of carboxylic acid groups (broad SMARTS) is 1. The summed E-state index contributed by atoms with van der Waals surface area (Å²) in [6.07, 6.45) is 2.60. The van der Waals surface area contributed by atoms with Gasteiger partial charge in [-0.05, 0) is 13.8 Å². The lowest BCUT2D eigenvalue weighted by Gasteiger charge is -2.14. The molecule has 1 aromatic rings. The van der Waals surface area contributed by atoms with Crippen LogP contribution >= 0.6 is 11.3 Å². The van der Waals surface area contributed by atoms with Crippen LogP contribution in [0.3, 0.4) is 0 Å². The zero-order valence-electron chi connectivity index (χ0n) is 6.29. The standard InChI is InChI=1S/C7H8NO2S/c1-7(2,6(9)10)5-8-3-4-11-5/h4H,1-2H3,(H,9,10). The number of hydrogen-bond donors (Lipinski definition) is 1. The van der Waals surface area contributed by atoms with Crippen LogP contribution in [0.1, 0.15) is 18.9 Å². The summed E-state index contributed by atoms with van der Waals surface area (Å²) in [5.41, 5.74) is -0.884. The van der Waals surface area contributed by atoms with Crippen molar-refractivity contribution in [1.82, 2.24) is 4.98 Å². The minimum atomic E-state index is -0.884. The molecule has 1 radical (unpaired) electrons. The summed E-state index contributed by atoms with van der Waals surface area (Å²) in [7, 11) is 0. The topological polar surface area (TPSA) is 50.2 Å². The average Bonchev–Trinajstić information content (AvgIpc) is 2.37. The lowest BCUT2D eigenvalue weighted by atomic mass is 9.95. The minimum absolute atomic E-state index is 0.588. The van der Waals surface area contributed by atoms with Gasteiger partial charge in [0, 0.05) is 5.38 Å². The van der Waals surface area contributed by atoms with Gasteiger partial charge in [-0.15, -0.1) is 11.3 Å². The molecule has 0 fully saturated rings. The maximum atomic E-state index is 10.7. The van der Waals surface area contributed by atoms with Gasteiger partial charge in [0.05, 0.1) is 0 Å². The van der Waals surface area contributed by atoms with E-state index in [9.17, 15) is 4.79 Å². The van der Waals surface area contributed by atoms with Crippen LogP contribution < -0.4 is 0 Å². The molecule has 4 heteroatoms. The van der Waals surface area contributed by atoms with Crippen LogP contribution in [-0.4, -0.2) is 16.1 Å². The van der Waals surface area contributed by atoms with Crippen molar-refractivity contribution in [3.05, 3.63) is 16.6 Å². The molecule has 0 unspecified atom stereocenters. The van der Waals surface area contributed by atoms with E-state index < -0.39 is 11.4 Å². The third-order valence-electron chi connectivity index (χ3n) is 1.46. The summed E-state index contributed by atoms with van der Waals surface area (Å²) in [4.78, 5) is 14.5. The van der Waals surface area contributed by atoms with Crippen LogP contribution in [0.5, 0.6) is 0 Å². The molecule has 0 atom stereocenters. The predicted octanol–water partition coefficient (Wildman–Crippen LogP) is 1.31. The van der Waals surface area contributed by atoms with Crippen LogP contribution in [0.25, 0.3) is 0 Å². The molecule has 0 amide bonds. The van der Waals surface area contributed by atoms with Gasteiger partial charge in [0.25, 0.3) is 0 Å². The second-order valence-electron chi connectivity index (χ2n) is 2.71. The van der Waals surface area contributed by atoms with E-state index in [1.54, 1.807) is 19.2 Å². The predicted molar refractivity (Wildman–Crippen MR) is 41.6 cm³/mol. The first-order valence-corrected chi connectivity index (χ1v) is 3.98. The zero-order valence-corrected chi connectivity index (χ0v) is 7.10. The van der Waals surface area contributed by atoms with Crippen molar-refractivity contribution in [2.24, 2.45) is 0 Å². The van der Waals surface area contributed by atoms with Crippen molar-refractivity contribution in [3.8, 4) is 0 Å². The number of hydrogen-bond acceptors (Lipinski definition) is 3. The Kier molecular flexibility index (Phi) is 1.95. The summed E-state index contributed by atoms with van der Waals surface area (Å²) >= 11 is 1.31. The van der Waals surface area contributed by atoms with Crippen LogP contribution in [0, 0.1) is 6.20 Å². The van der Waals surface area contributed by atoms with Crippen LogP contribution in [0.2, 0.25) is 0 Å². The molecule has 0 aromatic carbocycles. The van der Waals surface area contributed by atoms with Crippen LogP contribution in [0.4, 0.5) is 0 Å². The van der Waals surface area contributed by atoms with Crippen molar-refractivity contribution in [2.75, 3.05) is 0 Å². The second kappa shape index (κ2) is 2.62. The molecule has 0 aliphatic heterocycles. The summed E-state index contributed by atoms with van der Waals surface area (Å²) in [5, 5.41) is 11.0. The largest absolute Gasteiger partial charge is 0.481 e. The number of nitrogens with zero attached hydrogens (tertiary/aromatic N) is 1. The van der Waals surface area contributed by atoms with Crippen molar-refractivity contribution >= 4 is 17.3 Å². The summed E-state index contributed by atoms with van der Waals surface area (Å²) in [5.74, 6) is -0.860. The normalized spacial score (nSPS) is 11.5. The minimum Gasteiger partial charge on any atom is -0.481 e. The van der Waals surface area contributed by atoms with E-state index in [0.29, 0.717) is 5.01 Å². The Balaban J connectivity index is 3.00. The average molecular weight is 170 g/mol. The molecule has 0 saturated carbocycles. The molecule has 1 rings (SSSR count). The fraction of sp³-hybridized carbons (Fsp3) is 0.429. The molecular weight excluding hydrogens is 162 g/mol. The van der Waals surface area contributed by atoms with E-state index in [-0.39, 0.29) is 0 Å². The highest BCUT2D eigenvalue weighted by atomic mass is 32.1. The van der Waals surface area contributed by atoms with E-state index in [1.165, 1.54) is 11.3 Å². The van der Waals surface area contributed by atoms with E-state index in [1.807, 2.05) is 0 Å². The highest BCUT2D eigenvalue weighted by Crippen LogP contribution is 2.24. The highest BCUT2D eigenvalue weighted by Gasteiger charge is 2.31. The lowest BCUT2D eigenvalue weighted by Crippen LogP contribution is -2.28. The molecule has 0 spiro atoms. The SMILES string of the molecule is CC(C)(C(=O)O)c1n[c]cs1. The molecule has 1 N–H and O–H groups in total. The van der Waals surface area contributed by atoms with Crippen LogP contribution in [0.15, 0.2) is 5.38 Å². The van der Waals surface area contributed by atoms with E-state index in [2.05, 4.69) is 11.2 Å². The number of aromatic nitrogens is 1. The number of carbonyl (C=O) groups is 1. The molecular formula is C7H8NO2S. The first-order chi connectivity index (χ1) is 5.05. The molecule has 1 heterocycles. The second-order valence-corrected chi connectivity index (χ2v) is 3.57. The van der Waals surface area contributed by atoms with Gasteiger partial charge < -0.3 is 5.11 Å². The summed E-state index contributed by atoms with van der Waals surface area (Å²) in [6.45, 7) is 3.25. The zero-order chi connectivity index (χ0) is 8.48. The van der Waals surface area contributed by atoms with Crippen molar-refractivity contribution in [3.63, 3.8) is 0 Å². The lowest BCUT2D eigenvalue weighted by molar-refractivity contribution is -0.142. The van der Waals surface area contributed by atoms with Gasteiger partial charge in [-0.3, -0.25) is 4.79 Å². The van der Waals surface area contributed by atoms with Crippen LogP contribution in [-0.2, 0) is 10.2 Å². The Hall–Kier alpha value is -0.900. The number of rotatable bonds is 2. The number of thiazole rings is 1. The van der Waals surface area contributed by atoms with Gasteiger partial charge in [-0.25, -0.2) is 4.98 Å². The quantitative estimate of drug-likeness (QED) is 0.728. The van der Waals surface area contributed by atoms with Crippen molar-refractivity contribution in [1.29, 1.82) is 0 Å². The first-order valence-electron chi connectivity index (χ1n) is 3.10. The Morgan fingerprint density at radius 1 is 1.82 bits per heavy atom. The number of aliphatic carboxylic acids is 1. The third-order valence-corrected chi connectivity index (χ3v) is 2.51. The Morgan fingerprint density at radius 2 is 2.45 bits per heavy atom. The van der Waals surface area contributed by atoms with E-state index >= 15 is 0 Å². The highest BCUT2D eigenvalue weighted by molar-refractivity contribution is 7.09. The van der Waals surface area contributed by atoms with Crippen molar-refractivity contribution in [2.45, 2.75) is 19.3 Å². The van der Waals surface area contributed by atoms with Gasteiger partial charge in [0.2, 0.25) is 0 Å². The maximum absolute atomic E-state index is 10.7. The van der Waals surface area contributed by atoms with Gasteiger partial charge in [-0.2, -0.15) is 0 Å². The maximum Gasteiger partial charge on any atom is 0.316 e. The van der Waals surface area contributed by atoms with E-state index in [0.717, 1.165) is 0 Å². The molecule has 11 heavy (non-hydrogen) atoms. The van der Waals surface area contributed by atoms with Gasteiger partial charge in [0.15, 0.2) is 0 Å². The molecule has 0 saturated heterocycles. The fourth-order valence-corrected chi connectivity index (χ4v) is 1.28. The monoisotopic (exact) mass is 170 g/mol. The molecule has 0 aliphatic carbocycles. The molecule has 59 valence electrons. The molecule has 0 bridgehead atoms. The summed E-state index contributed by atoms with van der Waals surface area (Å²) in [6, 6.07) is 0. The van der Waals surface area contributed by atoms with Gasteiger partial charge in [-0.1, -0.05) is 0 Å². The fourth-order valence-electron chi connectivity index (χ4n) is 0.572. The Morgan fingerprint density at radius 3 is 2.82 bits per heavy atom. The Bertz CT molecular complexity index is 253. The summed E-state index contributed by atoms with van der Waals surface area (Å²) < 4.78 is 0. The number of carboxylic acids is 1. The first kappa shape index (κ1) is 8.20.